The zero-order valence-electron chi connectivity index (χ0n) is 13.1. The number of hydrogen-bond donors (Lipinski definition) is 2. The van der Waals surface area contributed by atoms with Gasteiger partial charge in [0.1, 0.15) is 6.04 Å². The van der Waals surface area contributed by atoms with E-state index in [0.29, 0.717) is 42.6 Å². The quantitative estimate of drug-likeness (QED) is 0.853. The Balaban J connectivity index is 1.31. The number of nitrogens with zero attached hydrogens (tertiary/aromatic N) is 2. The lowest BCUT2D eigenvalue weighted by Gasteiger charge is -2.24. The summed E-state index contributed by atoms with van der Waals surface area (Å²) in [6.45, 7) is 0.413. The van der Waals surface area contributed by atoms with Gasteiger partial charge in [0.05, 0.1) is 0 Å². The van der Waals surface area contributed by atoms with Gasteiger partial charge in [-0.3, -0.25) is 9.59 Å². The van der Waals surface area contributed by atoms with Gasteiger partial charge in [-0.15, -0.1) is 0 Å². The van der Waals surface area contributed by atoms with Crippen LogP contribution in [0, 0.1) is 0 Å². The molecule has 4 rings (SSSR count). The Morgan fingerprint density at radius 3 is 3.00 bits per heavy atom. The minimum absolute atomic E-state index is 0.191. The molecule has 0 unspecified atom stereocenters. The summed E-state index contributed by atoms with van der Waals surface area (Å²) in [4.78, 5) is 28.6. The molecule has 1 aromatic carbocycles. The number of aromatic nitrogens is 2. The van der Waals surface area contributed by atoms with Crippen LogP contribution >= 0.6 is 0 Å². The van der Waals surface area contributed by atoms with E-state index >= 15 is 0 Å². The lowest BCUT2D eigenvalue weighted by molar-refractivity contribution is -0.123. The first kappa shape index (κ1) is 14.9. The molecule has 1 aromatic heterocycles. The lowest BCUT2D eigenvalue weighted by Crippen LogP contribution is -2.51. The number of amides is 2. The summed E-state index contributed by atoms with van der Waals surface area (Å²) in [7, 11) is 0. The molecule has 7 heteroatoms. The summed E-state index contributed by atoms with van der Waals surface area (Å²) in [5, 5.41) is 9.50. The SMILES string of the molecule is O=C1N[C@@H](C(=O)NCCc2noc(C3CC3)n2)Cc2ccccc21. The van der Waals surface area contributed by atoms with Crippen LogP contribution in [-0.4, -0.2) is 34.5 Å². The fraction of sp³-hybridized carbons (Fsp3) is 0.412. The van der Waals surface area contributed by atoms with Crippen molar-refractivity contribution in [1.29, 1.82) is 0 Å². The molecule has 24 heavy (non-hydrogen) atoms. The van der Waals surface area contributed by atoms with Crippen molar-refractivity contribution >= 4 is 11.8 Å². The topological polar surface area (TPSA) is 97.1 Å². The van der Waals surface area contributed by atoms with Crippen molar-refractivity contribution in [3.8, 4) is 0 Å². The number of carbonyl (C=O) groups excluding carboxylic acids is 2. The van der Waals surface area contributed by atoms with Gasteiger partial charge in [0, 0.05) is 30.9 Å². The first-order valence-electron chi connectivity index (χ1n) is 8.19. The minimum Gasteiger partial charge on any atom is -0.354 e. The van der Waals surface area contributed by atoms with Crippen LogP contribution in [0.3, 0.4) is 0 Å². The molecule has 0 saturated heterocycles. The van der Waals surface area contributed by atoms with Gasteiger partial charge in [0.2, 0.25) is 11.8 Å². The summed E-state index contributed by atoms with van der Waals surface area (Å²) in [6, 6.07) is 6.80. The third-order valence-electron chi connectivity index (χ3n) is 4.37. The monoisotopic (exact) mass is 326 g/mol. The third kappa shape index (κ3) is 3.02. The number of rotatable bonds is 5. The highest BCUT2D eigenvalue weighted by atomic mass is 16.5. The van der Waals surface area contributed by atoms with Gasteiger partial charge in [-0.1, -0.05) is 23.4 Å². The summed E-state index contributed by atoms with van der Waals surface area (Å²) >= 11 is 0. The van der Waals surface area contributed by atoms with Crippen LogP contribution in [0.25, 0.3) is 0 Å². The van der Waals surface area contributed by atoms with E-state index in [1.807, 2.05) is 18.2 Å². The Labute approximate surface area is 138 Å². The van der Waals surface area contributed by atoms with E-state index < -0.39 is 6.04 Å². The molecule has 1 aliphatic carbocycles. The average molecular weight is 326 g/mol. The molecule has 0 radical (unpaired) electrons. The summed E-state index contributed by atoms with van der Waals surface area (Å²) in [6.07, 6.45) is 3.24. The van der Waals surface area contributed by atoms with E-state index in [4.69, 9.17) is 4.52 Å². The summed E-state index contributed by atoms with van der Waals surface area (Å²) in [5.41, 5.74) is 1.54. The van der Waals surface area contributed by atoms with Gasteiger partial charge in [-0.2, -0.15) is 4.98 Å². The number of nitrogens with one attached hydrogen (secondary N) is 2. The second kappa shape index (κ2) is 6.07. The maximum absolute atomic E-state index is 12.3. The van der Waals surface area contributed by atoms with Gasteiger partial charge in [0.25, 0.3) is 5.91 Å². The molecule has 2 N–H and O–H groups in total. The Morgan fingerprint density at radius 1 is 1.33 bits per heavy atom. The molecule has 0 spiro atoms. The normalized spacial score (nSPS) is 19.5. The Bertz CT molecular complexity index is 782. The maximum Gasteiger partial charge on any atom is 0.252 e. The van der Waals surface area contributed by atoms with Gasteiger partial charge in [-0.25, -0.2) is 0 Å². The molecule has 7 nitrogen and oxygen atoms in total. The predicted molar refractivity (Wildman–Crippen MR) is 84.4 cm³/mol. The van der Waals surface area contributed by atoms with Crippen molar-refractivity contribution < 1.29 is 14.1 Å². The molecule has 124 valence electrons. The van der Waals surface area contributed by atoms with E-state index in [9.17, 15) is 9.59 Å². The standard InChI is InChI=1S/C17H18N4O3/c22-15-12-4-2-1-3-11(12)9-13(19-15)16(23)18-8-7-14-20-17(24-21-14)10-5-6-10/h1-4,10,13H,5-9H2,(H,18,23)(H,19,22)/t13-/m1/s1. The van der Waals surface area contributed by atoms with Gasteiger partial charge in [0.15, 0.2) is 5.82 Å². The highest BCUT2D eigenvalue weighted by molar-refractivity contribution is 6.00. The summed E-state index contributed by atoms with van der Waals surface area (Å²) < 4.78 is 5.18. The van der Waals surface area contributed by atoms with Crippen molar-refractivity contribution in [2.75, 3.05) is 6.54 Å². The summed E-state index contributed by atoms with van der Waals surface area (Å²) in [5.74, 6) is 1.34. The second-order valence-electron chi connectivity index (χ2n) is 6.25. The molecular formula is C17H18N4O3. The van der Waals surface area contributed by atoms with E-state index in [-0.39, 0.29) is 11.8 Å². The van der Waals surface area contributed by atoms with Crippen LogP contribution in [0.1, 0.15) is 46.4 Å². The number of carbonyl (C=O) groups is 2. The highest BCUT2D eigenvalue weighted by Crippen LogP contribution is 2.38. The fourth-order valence-corrected chi connectivity index (χ4v) is 2.87. The first-order valence-corrected chi connectivity index (χ1v) is 8.19. The molecule has 2 aliphatic rings. The molecule has 2 amide bonds. The van der Waals surface area contributed by atoms with Crippen LogP contribution in [0.15, 0.2) is 28.8 Å². The van der Waals surface area contributed by atoms with Crippen molar-refractivity contribution in [3.63, 3.8) is 0 Å². The zero-order chi connectivity index (χ0) is 16.5. The molecule has 0 bridgehead atoms. The Kier molecular flexibility index (Phi) is 3.76. The van der Waals surface area contributed by atoms with Gasteiger partial charge < -0.3 is 15.2 Å². The molecule has 1 saturated carbocycles. The van der Waals surface area contributed by atoms with Crippen molar-refractivity contribution in [1.82, 2.24) is 20.8 Å². The predicted octanol–water partition coefficient (Wildman–Crippen LogP) is 0.960. The largest absolute Gasteiger partial charge is 0.354 e. The van der Waals surface area contributed by atoms with Gasteiger partial charge >= 0.3 is 0 Å². The van der Waals surface area contributed by atoms with Crippen molar-refractivity contribution in [2.24, 2.45) is 0 Å². The molecular weight excluding hydrogens is 308 g/mol. The fourth-order valence-electron chi connectivity index (χ4n) is 2.87. The second-order valence-corrected chi connectivity index (χ2v) is 6.25. The van der Waals surface area contributed by atoms with E-state index in [2.05, 4.69) is 20.8 Å². The average Bonchev–Trinajstić information content (AvgIpc) is 3.34. The van der Waals surface area contributed by atoms with Crippen LogP contribution in [-0.2, 0) is 17.6 Å². The molecule has 1 atom stereocenters. The Morgan fingerprint density at radius 2 is 2.17 bits per heavy atom. The number of hydrogen-bond acceptors (Lipinski definition) is 5. The first-order chi connectivity index (χ1) is 11.7. The van der Waals surface area contributed by atoms with E-state index in [1.165, 1.54) is 0 Å². The lowest BCUT2D eigenvalue weighted by atomic mass is 9.95. The van der Waals surface area contributed by atoms with Crippen LogP contribution in [0.2, 0.25) is 0 Å². The molecule has 1 aliphatic heterocycles. The molecule has 2 aromatic rings. The molecule has 2 heterocycles. The highest BCUT2D eigenvalue weighted by Gasteiger charge is 2.30. The number of fused-ring (bicyclic) bond motifs is 1. The third-order valence-corrected chi connectivity index (χ3v) is 4.37. The minimum atomic E-state index is -0.542. The molecule has 1 fully saturated rings. The van der Waals surface area contributed by atoms with Crippen LogP contribution < -0.4 is 10.6 Å². The van der Waals surface area contributed by atoms with Crippen molar-refractivity contribution in [3.05, 3.63) is 47.1 Å². The maximum atomic E-state index is 12.3. The smallest absolute Gasteiger partial charge is 0.252 e. The van der Waals surface area contributed by atoms with Crippen LogP contribution in [0.4, 0.5) is 0 Å². The zero-order valence-corrected chi connectivity index (χ0v) is 13.1. The van der Waals surface area contributed by atoms with Crippen LogP contribution in [0.5, 0.6) is 0 Å². The van der Waals surface area contributed by atoms with E-state index in [1.54, 1.807) is 6.07 Å². The van der Waals surface area contributed by atoms with Crippen molar-refractivity contribution in [2.45, 2.75) is 37.6 Å². The Hall–Kier alpha value is -2.70. The number of benzene rings is 1. The van der Waals surface area contributed by atoms with Gasteiger partial charge in [-0.05, 0) is 24.5 Å². The van der Waals surface area contributed by atoms with E-state index in [0.717, 1.165) is 18.4 Å².